The number of likely N-dealkylation sites (tertiary alicyclic amines) is 1. The van der Waals surface area contributed by atoms with Crippen LogP contribution in [0.25, 0.3) is 0 Å². The van der Waals surface area contributed by atoms with Gasteiger partial charge in [0.05, 0.1) is 32.2 Å². The highest BCUT2D eigenvalue weighted by Crippen LogP contribution is 2.31. The fourth-order valence-electron chi connectivity index (χ4n) is 5.71. The molecule has 48 heavy (non-hydrogen) atoms. The molecule has 0 spiro atoms. The molecular weight excluding hydrogens is 608 g/mol. The average Bonchev–Trinajstić information content (AvgIpc) is 3.56. The van der Waals surface area contributed by atoms with Crippen molar-refractivity contribution >= 4 is 23.5 Å². The van der Waals surface area contributed by atoms with Crippen LogP contribution >= 0.6 is 0 Å². The molecule has 0 saturated carbocycles. The predicted molar refractivity (Wildman–Crippen MR) is 183 cm³/mol. The number of ether oxygens (including phenoxy) is 2. The number of carbonyl (C=O) groups is 3. The SMILES string of the molecule is COc1ccc(C2CCN(C(=O)C(c3ccccc3)n3cnc(NC(=O)C(COCc4ccccc4)NC(=O)C(C)(C)N)c3)CC2)cc1. The maximum absolute atomic E-state index is 14.1. The lowest BCUT2D eigenvalue weighted by Gasteiger charge is -2.35. The number of hydrogen-bond donors (Lipinski definition) is 3. The summed E-state index contributed by atoms with van der Waals surface area (Å²) in [6.45, 7) is 4.55. The molecule has 4 aromatic rings. The number of nitrogens with zero attached hydrogens (tertiary/aromatic N) is 3. The Morgan fingerprint density at radius 1 is 0.958 bits per heavy atom. The molecule has 252 valence electrons. The van der Waals surface area contributed by atoms with Crippen LogP contribution in [0.4, 0.5) is 5.82 Å². The van der Waals surface area contributed by atoms with Crippen molar-refractivity contribution in [3.63, 3.8) is 0 Å². The molecule has 1 aliphatic heterocycles. The van der Waals surface area contributed by atoms with E-state index in [0.717, 1.165) is 29.7 Å². The van der Waals surface area contributed by atoms with Gasteiger partial charge in [-0.15, -0.1) is 0 Å². The van der Waals surface area contributed by atoms with Crippen molar-refractivity contribution in [1.29, 1.82) is 0 Å². The minimum atomic E-state index is -1.20. The van der Waals surface area contributed by atoms with Crippen molar-refractivity contribution in [3.8, 4) is 5.75 Å². The molecule has 1 aliphatic rings. The van der Waals surface area contributed by atoms with Crippen LogP contribution < -0.4 is 21.1 Å². The maximum atomic E-state index is 14.1. The second-order valence-corrected chi connectivity index (χ2v) is 12.6. The third-order valence-electron chi connectivity index (χ3n) is 8.50. The number of aromatic nitrogens is 2. The minimum Gasteiger partial charge on any atom is -0.497 e. The van der Waals surface area contributed by atoms with E-state index in [0.29, 0.717) is 19.0 Å². The molecule has 11 nitrogen and oxygen atoms in total. The minimum absolute atomic E-state index is 0.0470. The lowest BCUT2D eigenvalue weighted by Crippen LogP contribution is -2.56. The summed E-state index contributed by atoms with van der Waals surface area (Å²) in [5.74, 6) is 0.357. The van der Waals surface area contributed by atoms with Crippen LogP contribution in [0, 0.1) is 0 Å². The van der Waals surface area contributed by atoms with Crippen LogP contribution in [0.2, 0.25) is 0 Å². The number of nitrogens with one attached hydrogen (secondary N) is 2. The van der Waals surface area contributed by atoms with E-state index in [1.807, 2.05) is 77.7 Å². The summed E-state index contributed by atoms with van der Waals surface area (Å²) in [4.78, 5) is 46.6. The van der Waals surface area contributed by atoms with Crippen LogP contribution in [-0.4, -0.2) is 70.6 Å². The topological polar surface area (TPSA) is 141 Å². The molecule has 1 saturated heterocycles. The van der Waals surface area contributed by atoms with Crippen molar-refractivity contribution in [1.82, 2.24) is 19.8 Å². The zero-order chi connectivity index (χ0) is 34.1. The number of anilines is 1. The van der Waals surface area contributed by atoms with Gasteiger partial charge in [0.1, 0.15) is 17.8 Å². The summed E-state index contributed by atoms with van der Waals surface area (Å²) in [5, 5.41) is 5.48. The lowest BCUT2D eigenvalue weighted by atomic mass is 9.89. The molecule has 3 aromatic carbocycles. The molecule has 11 heteroatoms. The quantitative estimate of drug-likeness (QED) is 0.196. The number of amides is 3. The van der Waals surface area contributed by atoms with Gasteiger partial charge < -0.3 is 35.3 Å². The molecule has 2 unspecified atom stereocenters. The number of benzene rings is 3. The first-order valence-electron chi connectivity index (χ1n) is 16.2. The van der Waals surface area contributed by atoms with E-state index >= 15 is 0 Å². The van der Waals surface area contributed by atoms with Crippen molar-refractivity contribution < 1.29 is 23.9 Å². The standard InChI is InChI=1S/C37H44N6O5/c1-37(2,38)36(46)40-31(24-48-23-26-10-6-4-7-11-26)34(44)41-32-22-43(25-39-32)33(29-12-8-5-9-13-29)35(45)42-20-18-28(19-21-42)27-14-16-30(47-3)17-15-27/h4-17,22,25,28,31,33H,18-21,23-24,38H2,1-3H3,(H,40,46)(H,41,44). The molecule has 0 radical (unpaired) electrons. The number of methoxy groups -OCH3 is 1. The van der Waals surface area contributed by atoms with Gasteiger partial charge in [-0.2, -0.15) is 0 Å². The highest BCUT2D eigenvalue weighted by atomic mass is 16.5. The van der Waals surface area contributed by atoms with Gasteiger partial charge in [-0.05, 0) is 61.4 Å². The van der Waals surface area contributed by atoms with E-state index in [2.05, 4.69) is 27.8 Å². The second kappa shape index (κ2) is 15.7. The Morgan fingerprint density at radius 2 is 1.60 bits per heavy atom. The Labute approximate surface area is 281 Å². The zero-order valence-electron chi connectivity index (χ0n) is 27.7. The van der Waals surface area contributed by atoms with Gasteiger partial charge in [-0.3, -0.25) is 14.4 Å². The first-order valence-corrected chi connectivity index (χ1v) is 16.2. The van der Waals surface area contributed by atoms with Gasteiger partial charge in [0.15, 0.2) is 5.82 Å². The summed E-state index contributed by atoms with van der Waals surface area (Å²) in [6, 6.07) is 25.5. The van der Waals surface area contributed by atoms with E-state index in [-0.39, 0.29) is 24.9 Å². The predicted octanol–water partition coefficient (Wildman–Crippen LogP) is 4.26. The number of piperidine rings is 1. The molecule has 5 rings (SSSR count). The third kappa shape index (κ3) is 8.87. The van der Waals surface area contributed by atoms with Gasteiger partial charge in [-0.25, -0.2) is 4.98 Å². The first kappa shape index (κ1) is 34.3. The lowest BCUT2D eigenvalue weighted by molar-refractivity contribution is -0.134. The number of imidazole rings is 1. The Morgan fingerprint density at radius 3 is 2.23 bits per heavy atom. The molecular formula is C37H44N6O5. The Bertz CT molecular complexity index is 1650. The largest absolute Gasteiger partial charge is 0.497 e. The van der Waals surface area contributed by atoms with Gasteiger partial charge in [-0.1, -0.05) is 72.8 Å². The molecule has 4 N–H and O–H groups in total. The van der Waals surface area contributed by atoms with E-state index < -0.39 is 29.4 Å². The number of nitrogens with two attached hydrogens (primary N) is 1. The Hall–Kier alpha value is -5.00. The number of rotatable bonds is 13. The molecule has 2 heterocycles. The molecule has 0 bridgehead atoms. The van der Waals surface area contributed by atoms with Gasteiger partial charge in [0.25, 0.3) is 5.91 Å². The summed E-state index contributed by atoms with van der Waals surface area (Å²) < 4.78 is 12.8. The van der Waals surface area contributed by atoms with E-state index in [1.54, 1.807) is 31.7 Å². The zero-order valence-corrected chi connectivity index (χ0v) is 27.7. The molecule has 1 fully saturated rings. The van der Waals surface area contributed by atoms with Gasteiger partial charge in [0.2, 0.25) is 11.8 Å². The second-order valence-electron chi connectivity index (χ2n) is 12.6. The smallest absolute Gasteiger partial charge is 0.250 e. The fourth-order valence-corrected chi connectivity index (χ4v) is 5.71. The van der Waals surface area contributed by atoms with Gasteiger partial charge >= 0.3 is 0 Å². The van der Waals surface area contributed by atoms with Crippen LogP contribution in [0.5, 0.6) is 5.75 Å². The average molecular weight is 653 g/mol. The third-order valence-corrected chi connectivity index (χ3v) is 8.50. The Kier molecular flexibility index (Phi) is 11.3. The summed E-state index contributed by atoms with van der Waals surface area (Å²) in [7, 11) is 1.66. The highest BCUT2D eigenvalue weighted by molar-refractivity contribution is 5.98. The van der Waals surface area contributed by atoms with Gasteiger partial charge in [0, 0.05) is 19.3 Å². The fraction of sp³-hybridized carbons (Fsp3) is 0.351. The summed E-state index contributed by atoms with van der Waals surface area (Å²) >= 11 is 0. The molecule has 0 aliphatic carbocycles. The van der Waals surface area contributed by atoms with Crippen LogP contribution in [-0.2, 0) is 25.7 Å². The number of hydrogen-bond acceptors (Lipinski definition) is 7. The van der Waals surface area contributed by atoms with Crippen molar-refractivity contribution in [2.24, 2.45) is 5.73 Å². The van der Waals surface area contributed by atoms with E-state index in [4.69, 9.17) is 15.2 Å². The molecule has 2 atom stereocenters. The molecule has 3 amide bonds. The Balaban J connectivity index is 1.28. The van der Waals surface area contributed by atoms with E-state index in [1.165, 1.54) is 11.9 Å². The first-order chi connectivity index (χ1) is 23.1. The van der Waals surface area contributed by atoms with E-state index in [9.17, 15) is 14.4 Å². The van der Waals surface area contributed by atoms with Crippen molar-refractivity contribution in [2.45, 2.75) is 56.8 Å². The summed E-state index contributed by atoms with van der Waals surface area (Å²) in [5.41, 5.74) is 7.77. The van der Waals surface area contributed by atoms with Crippen molar-refractivity contribution in [2.75, 3.05) is 32.1 Å². The normalized spacial score (nSPS) is 15.0. The van der Waals surface area contributed by atoms with Crippen LogP contribution in [0.15, 0.2) is 97.5 Å². The highest BCUT2D eigenvalue weighted by Gasteiger charge is 2.32. The van der Waals surface area contributed by atoms with Crippen LogP contribution in [0.1, 0.15) is 55.3 Å². The molecule has 1 aromatic heterocycles. The number of carbonyl (C=O) groups excluding carboxylic acids is 3. The maximum Gasteiger partial charge on any atom is 0.250 e. The monoisotopic (exact) mass is 652 g/mol. The summed E-state index contributed by atoms with van der Waals surface area (Å²) in [6.07, 6.45) is 4.87. The van der Waals surface area contributed by atoms with Crippen LogP contribution in [0.3, 0.4) is 0 Å². The van der Waals surface area contributed by atoms with Crippen molar-refractivity contribution in [3.05, 3.63) is 114 Å².